The fraction of sp³-hybridized carbons (Fsp3) is 0.217. The van der Waals surface area contributed by atoms with Gasteiger partial charge in [0.15, 0.2) is 5.69 Å². The molecule has 2 aromatic heterocycles. The van der Waals surface area contributed by atoms with Crippen LogP contribution in [0.4, 0.5) is 4.39 Å². The summed E-state index contributed by atoms with van der Waals surface area (Å²) in [6.45, 7) is 1.04. The maximum absolute atomic E-state index is 13.3. The molecule has 34 heavy (non-hydrogen) atoms. The molecule has 2 aromatic carbocycles. The molecule has 0 aliphatic carbocycles. The topological polar surface area (TPSA) is 116 Å². The first-order valence-corrected chi connectivity index (χ1v) is 10.6. The number of aromatic nitrogens is 5. The van der Waals surface area contributed by atoms with E-state index in [-0.39, 0.29) is 29.0 Å². The van der Waals surface area contributed by atoms with Gasteiger partial charge in [0.05, 0.1) is 5.69 Å². The zero-order valence-electron chi connectivity index (χ0n) is 18.1. The van der Waals surface area contributed by atoms with Gasteiger partial charge in [-0.25, -0.2) is 9.18 Å². The molecular formula is C23H19FN6O4. The van der Waals surface area contributed by atoms with Crippen LogP contribution in [0, 0.1) is 5.82 Å². The number of nitrogens with zero attached hydrogens (tertiary/aromatic N) is 6. The molecule has 4 aromatic rings. The first-order valence-electron chi connectivity index (χ1n) is 10.6. The summed E-state index contributed by atoms with van der Waals surface area (Å²) in [4.78, 5) is 43.8. The minimum atomic E-state index is -0.756. The first kappa shape index (κ1) is 21.4. The molecule has 1 atom stereocenters. The number of benzene rings is 2. The van der Waals surface area contributed by atoms with Crippen LogP contribution in [0.5, 0.6) is 0 Å². The van der Waals surface area contributed by atoms with Crippen LogP contribution in [0.1, 0.15) is 28.6 Å². The van der Waals surface area contributed by atoms with E-state index in [9.17, 15) is 18.8 Å². The van der Waals surface area contributed by atoms with Crippen molar-refractivity contribution in [3.05, 3.63) is 92.7 Å². The molecule has 1 fully saturated rings. The zero-order valence-corrected chi connectivity index (χ0v) is 18.1. The number of carbonyl (C=O) groups excluding carboxylic acids is 1. The van der Waals surface area contributed by atoms with E-state index in [4.69, 9.17) is 4.52 Å². The normalized spacial score (nSPS) is 15.6. The maximum Gasteiger partial charge on any atom is 0.351 e. The Balaban J connectivity index is 1.43. The molecule has 1 aliphatic heterocycles. The third-order valence-corrected chi connectivity index (χ3v) is 5.81. The predicted molar refractivity (Wildman–Crippen MR) is 118 cm³/mol. The van der Waals surface area contributed by atoms with Crippen LogP contribution in [0.3, 0.4) is 0 Å². The summed E-state index contributed by atoms with van der Waals surface area (Å²) in [6.07, 6.45) is 0.807. The predicted octanol–water partition coefficient (Wildman–Crippen LogP) is 1.75. The summed E-state index contributed by atoms with van der Waals surface area (Å²) in [5.41, 5.74) is -0.373. The standard InChI is InChI=1S/C23H19FN6O4/c1-28-21(31)18(26-30(23(28)33)17-9-7-16(24)8-10-17)19-25-20(34-27-19)22(32)29-12-11-15(13-29)14-5-3-2-4-6-14/h2-10,15H,11-13H2,1H3/t15-/m0/s1. The van der Waals surface area contributed by atoms with Crippen molar-refractivity contribution in [2.45, 2.75) is 12.3 Å². The summed E-state index contributed by atoms with van der Waals surface area (Å²) < 4.78 is 20.2. The molecule has 0 unspecified atom stereocenters. The van der Waals surface area contributed by atoms with Gasteiger partial charge in [0.1, 0.15) is 5.82 Å². The number of rotatable bonds is 4. The number of halogens is 1. The third kappa shape index (κ3) is 3.81. The van der Waals surface area contributed by atoms with E-state index in [1.807, 2.05) is 30.3 Å². The Bertz CT molecular complexity index is 1480. The van der Waals surface area contributed by atoms with Crippen molar-refractivity contribution in [1.29, 1.82) is 0 Å². The molecule has 172 valence electrons. The molecule has 0 spiro atoms. The van der Waals surface area contributed by atoms with Gasteiger partial charge in [-0.15, -0.1) is 0 Å². The monoisotopic (exact) mass is 462 g/mol. The van der Waals surface area contributed by atoms with Gasteiger partial charge in [0, 0.05) is 26.1 Å². The van der Waals surface area contributed by atoms with Gasteiger partial charge in [0.2, 0.25) is 5.82 Å². The van der Waals surface area contributed by atoms with Crippen molar-refractivity contribution < 1.29 is 13.7 Å². The Morgan fingerprint density at radius 2 is 1.82 bits per heavy atom. The maximum atomic E-state index is 13.3. The molecule has 3 heterocycles. The number of amides is 1. The van der Waals surface area contributed by atoms with Gasteiger partial charge in [0.25, 0.3) is 5.56 Å². The largest absolute Gasteiger partial charge is 0.351 e. The zero-order chi connectivity index (χ0) is 23.8. The molecular weight excluding hydrogens is 443 g/mol. The minimum Gasteiger partial charge on any atom is -0.334 e. The molecule has 1 amide bonds. The smallest absolute Gasteiger partial charge is 0.334 e. The molecule has 0 saturated carbocycles. The lowest BCUT2D eigenvalue weighted by Crippen LogP contribution is -2.40. The Morgan fingerprint density at radius 3 is 2.56 bits per heavy atom. The van der Waals surface area contributed by atoms with Crippen molar-refractivity contribution in [3.63, 3.8) is 0 Å². The molecule has 10 nitrogen and oxygen atoms in total. The third-order valence-electron chi connectivity index (χ3n) is 5.81. The Kier molecular flexibility index (Phi) is 5.36. The number of hydrogen-bond acceptors (Lipinski definition) is 7. The second-order valence-electron chi connectivity index (χ2n) is 7.95. The fourth-order valence-corrected chi connectivity index (χ4v) is 3.95. The van der Waals surface area contributed by atoms with Crippen LogP contribution < -0.4 is 11.2 Å². The van der Waals surface area contributed by atoms with Crippen molar-refractivity contribution in [2.24, 2.45) is 7.05 Å². The summed E-state index contributed by atoms with van der Waals surface area (Å²) in [5, 5.41) is 7.81. The quantitative estimate of drug-likeness (QED) is 0.454. The van der Waals surface area contributed by atoms with Crippen molar-refractivity contribution in [2.75, 3.05) is 13.1 Å². The summed E-state index contributed by atoms with van der Waals surface area (Å²) in [6, 6.07) is 14.9. The Morgan fingerprint density at radius 1 is 1.09 bits per heavy atom. The van der Waals surface area contributed by atoms with E-state index < -0.39 is 23.0 Å². The lowest BCUT2D eigenvalue weighted by Gasteiger charge is -2.14. The lowest BCUT2D eigenvalue weighted by atomic mass is 9.99. The summed E-state index contributed by atoms with van der Waals surface area (Å²) in [7, 11) is 1.27. The highest BCUT2D eigenvalue weighted by atomic mass is 19.1. The van der Waals surface area contributed by atoms with Crippen LogP contribution in [0.2, 0.25) is 0 Å². The van der Waals surface area contributed by atoms with Gasteiger partial charge < -0.3 is 9.42 Å². The van der Waals surface area contributed by atoms with Crippen LogP contribution in [0.25, 0.3) is 17.2 Å². The van der Waals surface area contributed by atoms with Crippen molar-refractivity contribution in [3.8, 4) is 17.2 Å². The van der Waals surface area contributed by atoms with Crippen LogP contribution in [-0.2, 0) is 7.05 Å². The van der Waals surface area contributed by atoms with Crippen LogP contribution >= 0.6 is 0 Å². The van der Waals surface area contributed by atoms with E-state index in [0.29, 0.717) is 13.1 Å². The van der Waals surface area contributed by atoms with Gasteiger partial charge in [-0.3, -0.25) is 14.2 Å². The average Bonchev–Trinajstić information content (AvgIpc) is 3.54. The second-order valence-corrected chi connectivity index (χ2v) is 7.95. The first-order chi connectivity index (χ1) is 16.4. The molecule has 11 heteroatoms. The van der Waals surface area contributed by atoms with Gasteiger partial charge in [-0.2, -0.15) is 14.8 Å². The molecule has 5 rings (SSSR count). The molecule has 0 N–H and O–H groups in total. The highest BCUT2D eigenvalue weighted by molar-refractivity contribution is 5.90. The van der Waals surface area contributed by atoms with E-state index in [0.717, 1.165) is 33.4 Å². The highest BCUT2D eigenvalue weighted by Crippen LogP contribution is 2.28. The summed E-state index contributed by atoms with van der Waals surface area (Å²) >= 11 is 0. The van der Waals surface area contributed by atoms with E-state index in [1.165, 1.54) is 19.2 Å². The Hall–Kier alpha value is -4.41. The second kappa shape index (κ2) is 8.50. The molecule has 1 saturated heterocycles. The van der Waals surface area contributed by atoms with E-state index in [1.54, 1.807) is 4.90 Å². The van der Waals surface area contributed by atoms with Gasteiger partial charge in [-0.05, 0) is 36.2 Å². The van der Waals surface area contributed by atoms with Crippen LogP contribution in [-0.4, -0.2) is 48.4 Å². The lowest BCUT2D eigenvalue weighted by molar-refractivity contribution is 0.0741. The Labute approximate surface area is 191 Å². The van der Waals surface area contributed by atoms with Crippen molar-refractivity contribution in [1.82, 2.24) is 29.4 Å². The van der Waals surface area contributed by atoms with E-state index in [2.05, 4.69) is 15.2 Å². The van der Waals surface area contributed by atoms with Crippen LogP contribution in [0.15, 0.2) is 68.7 Å². The van der Waals surface area contributed by atoms with E-state index >= 15 is 0 Å². The van der Waals surface area contributed by atoms with Gasteiger partial charge >= 0.3 is 17.5 Å². The molecule has 0 radical (unpaired) electrons. The summed E-state index contributed by atoms with van der Waals surface area (Å²) in [5.74, 6) is -1.22. The number of carbonyl (C=O) groups is 1. The molecule has 1 aliphatic rings. The van der Waals surface area contributed by atoms with Gasteiger partial charge in [-0.1, -0.05) is 35.5 Å². The van der Waals surface area contributed by atoms with Crippen molar-refractivity contribution >= 4 is 5.91 Å². The average molecular weight is 462 g/mol. The highest BCUT2D eigenvalue weighted by Gasteiger charge is 2.31. The molecule has 0 bridgehead atoms. The minimum absolute atomic E-state index is 0.209. The number of hydrogen-bond donors (Lipinski definition) is 0. The SMILES string of the molecule is Cn1c(=O)c(-c2noc(C(=O)N3CC[C@H](c4ccccc4)C3)n2)nn(-c2ccc(F)cc2)c1=O. The fourth-order valence-electron chi connectivity index (χ4n) is 3.95. The number of likely N-dealkylation sites (tertiary alicyclic amines) is 1.